The van der Waals surface area contributed by atoms with Gasteiger partial charge in [0, 0.05) is 29.9 Å². The summed E-state index contributed by atoms with van der Waals surface area (Å²) in [6.45, 7) is 7.06. The third kappa shape index (κ3) is 3.07. The number of hydrogen-bond acceptors (Lipinski definition) is 4. The van der Waals surface area contributed by atoms with Crippen LogP contribution in [0.3, 0.4) is 0 Å². The summed E-state index contributed by atoms with van der Waals surface area (Å²) in [5.74, 6) is 1.53. The van der Waals surface area contributed by atoms with Crippen molar-refractivity contribution in [1.29, 1.82) is 0 Å². The molecule has 5 heteroatoms. The fourth-order valence-electron chi connectivity index (χ4n) is 5.03. The van der Waals surface area contributed by atoms with Gasteiger partial charge in [-0.3, -0.25) is 9.78 Å². The summed E-state index contributed by atoms with van der Waals surface area (Å²) < 4.78 is 12.1. The van der Waals surface area contributed by atoms with E-state index in [0.29, 0.717) is 25.3 Å². The van der Waals surface area contributed by atoms with E-state index >= 15 is 0 Å². The molecule has 3 aromatic rings. The van der Waals surface area contributed by atoms with E-state index in [1.54, 1.807) is 6.20 Å². The summed E-state index contributed by atoms with van der Waals surface area (Å²) in [4.78, 5) is 20.5. The number of para-hydroxylation sites is 1. The molecular formula is C26H26N2O3. The van der Waals surface area contributed by atoms with E-state index in [1.807, 2.05) is 80.3 Å². The topological polar surface area (TPSA) is 51.7 Å². The molecule has 1 spiro atoms. The summed E-state index contributed by atoms with van der Waals surface area (Å²) in [5, 5.41) is 0. The molecule has 0 fully saturated rings. The summed E-state index contributed by atoms with van der Waals surface area (Å²) >= 11 is 0. The number of fused-ring (bicyclic) bond motifs is 4. The number of carbonyl (C=O) groups excluding carboxylic acids is 1. The summed E-state index contributed by atoms with van der Waals surface area (Å²) in [5.41, 5.74) is 2.42. The van der Waals surface area contributed by atoms with E-state index < -0.39 is 11.0 Å². The van der Waals surface area contributed by atoms with E-state index in [-0.39, 0.29) is 5.91 Å². The maximum absolute atomic E-state index is 14.2. The molecule has 158 valence electrons. The lowest BCUT2D eigenvalue weighted by Gasteiger charge is -2.43. The van der Waals surface area contributed by atoms with Gasteiger partial charge in [-0.25, -0.2) is 0 Å². The van der Waals surface area contributed by atoms with Gasteiger partial charge >= 0.3 is 0 Å². The molecule has 0 radical (unpaired) electrons. The molecule has 2 aliphatic heterocycles. The maximum atomic E-state index is 14.2. The first kappa shape index (κ1) is 19.6. The van der Waals surface area contributed by atoms with Crippen molar-refractivity contribution in [2.24, 2.45) is 0 Å². The highest BCUT2D eigenvalue weighted by Gasteiger charge is 2.58. The molecule has 31 heavy (non-hydrogen) atoms. The summed E-state index contributed by atoms with van der Waals surface area (Å²) in [6.07, 6.45) is 2.33. The highest BCUT2D eigenvalue weighted by molar-refractivity contribution is 6.11. The first-order valence-electron chi connectivity index (χ1n) is 10.7. The van der Waals surface area contributed by atoms with Gasteiger partial charge in [-0.05, 0) is 50.6 Å². The second-order valence-corrected chi connectivity index (χ2v) is 8.76. The Morgan fingerprint density at radius 2 is 1.87 bits per heavy atom. The van der Waals surface area contributed by atoms with Crippen LogP contribution in [-0.4, -0.2) is 23.1 Å². The zero-order chi connectivity index (χ0) is 21.6. The number of nitrogens with zero attached hydrogens (tertiary/aromatic N) is 2. The molecule has 1 unspecified atom stereocenters. The van der Waals surface area contributed by atoms with Gasteiger partial charge in [-0.1, -0.05) is 30.3 Å². The number of anilines is 1. The lowest BCUT2D eigenvalue weighted by molar-refractivity contribution is -0.124. The number of rotatable bonds is 4. The van der Waals surface area contributed by atoms with Crippen LogP contribution in [0.1, 0.15) is 44.0 Å². The van der Waals surface area contributed by atoms with Crippen LogP contribution in [-0.2, 0) is 16.8 Å². The third-order valence-corrected chi connectivity index (χ3v) is 6.11. The Hall–Kier alpha value is -3.34. The molecule has 0 saturated carbocycles. The standard InChI is InChI=1S/C26H26N2O3/c1-4-30-19-12-13-21-23(15-19)31-25(2,3)17-26(21)20-10-5-6-11-22(20)28(24(26)29)16-18-9-7-8-14-27-18/h5-15H,4,16-17H2,1-3H3. The number of amides is 1. The zero-order valence-corrected chi connectivity index (χ0v) is 18.1. The predicted octanol–water partition coefficient (Wildman–Crippen LogP) is 4.87. The monoisotopic (exact) mass is 414 g/mol. The van der Waals surface area contributed by atoms with Gasteiger partial charge in [0.25, 0.3) is 0 Å². The number of benzene rings is 2. The number of ether oxygens (including phenoxy) is 2. The number of carbonyl (C=O) groups is 1. The lowest BCUT2D eigenvalue weighted by Crippen LogP contribution is -2.50. The second kappa shape index (κ2) is 7.12. The Bertz CT molecular complexity index is 1140. The Kier molecular flexibility index (Phi) is 4.50. The Morgan fingerprint density at radius 3 is 2.65 bits per heavy atom. The molecule has 0 saturated heterocycles. The molecule has 0 aliphatic carbocycles. The van der Waals surface area contributed by atoms with Crippen molar-refractivity contribution in [3.05, 3.63) is 83.7 Å². The van der Waals surface area contributed by atoms with Crippen molar-refractivity contribution in [3.8, 4) is 11.5 Å². The largest absolute Gasteiger partial charge is 0.494 e. The molecule has 3 heterocycles. The normalized spacial score (nSPS) is 20.9. The molecule has 1 aromatic heterocycles. The highest BCUT2D eigenvalue weighted by atomic mass is 16.5. The van der Waals surface area contributed by atoms with E-state index in [4.69, 9.17) is 9.47 Å². The quantitative estimate of drug-likeness (QED) is 0.611. The van der Waals surface area contributed by atoms with E-state index in [9.17, 15) is 4.79 Å². The Balaban J connectivity index is 1.69. The SMILES string of the molecule is CCOc1ccc2c(c1)OC(C)(C)CC21C(=O)N(Cc2ccccn2)c2ccccc21. The van der Waals surface area contributed by atoms with Gasteiger partial charge in [0.2, 0.25) is 5.91 Å². The van der Waals surface area contributed by atoms with Crippen molar-refractivity contribution < 1.29 is 14.3 Å². The predicted molar refractivity (Wildman–Crippen MR) is 120 cm³/mol. The Labute approximate surface area is 182 Å². The molecule has 1 amide bonds. The Morgan fingerprint density at radius 1 is 1.06 bits per heavy atom. The van der Waals surface area contributed by atoms with Crippen LogP contribution in [0, 0.1) is 0 Å². The van der Waals surface area contributed by atoms with Gasteiger partial charge in [0.1, 0.15) is 22.5 Å². The first-order chi connectivity index (χ1) is 14.9. The molecule has 0 N–H and O–H groups in total. The molecule has 5 nitrogen and oxygen atoms in total. The number of hydrogen-bond donors (Lipinski definition) is 0. The van der Waals surface area contributed by atoms with Crippen molar-refractivity contribution >= 4 is 11.6 Å². The average molecular weight is 415 g/mol. The smallest absolute Gasteiger partial charge is 0.242 e. The van der Waals surface area contributed by atoms with Crippen LogP contribution in [0.2, 0.25) is 0 Å². The van der Waals surface area contributed by atoms with Gasteiger partial charge in [0.05, 0.1) is 18.8 Å². The third-order valence-electron chi connectivity index (χ3n) is 6.11. The summed E-state index contributed by atoms with van der Waals surface area (Å²) in [6, 6.07) is 19.7. The van der Waals surface area contributed by atoms with Crippen molar-refractivity contribution in [2.75, 3.05) is 11.5 Å². The van der Waals surface area contributed by atoms with Crippen LogP contribution < -0.4 is 14.4 Å². The molecule has 2 aliphatic rings. The van der Waals surface area contributed by atoms with Crippen molar-refractivity contribution in [1.82, 2.24) is 4.98 Å². The second-order valence-electron chi connectivity index (χ2n) is 8.76. The number of aromatic nitrogens is 1. The van der Waals surface area contributed by atoms with E-state index in [2.05, 4.69) is 11.1 Å². The van der Waals surface area contributed by atoms with E-state index in [0.717, 1.165) is 28.3 Å². The first-order valence-corrected chi connectivity index (χ1v) is 10.7. The number of pyridine rings is 1. The van der Waals surface area contributed by atoms with Crippen LogP contribution in [0.25, 0.3) is 0 Å². The van der Waals surface area contributed by atoms with Gasteiger partial charge in [-0.15, -0.1) is 0 Å². The molecule has 0 bridgehead atoms. The van der Waals surface area contributed by atoms with Crippen molar-refractivity contribution in [3.63, 3.8) is 0 Å². The van der Waals surface area contributed by atoms with Crippen LogP contribution >= 0.6 is 0 Å². The fourth-order valence-corrected chi connectivity index (χ4v) is 5.03. The van der Waals surface area contributed by atoms with Gasteiger partial charge in [0.15, 0.2) is 0 Å². The summed E-state index contributed by atoms with van der Waals surface area (Å²) in [7, 11) is 0. The molecule has 2 aromatic carbocycles. The van der Waals surface area contributed by atoms with Gasteiger partial charge < -0.3 is 14.4 Å². The average Bonchev–Trinajstić information content (AvgIpc) is 2.97. The lowest BCUT2D eigenvalue weighted by atomic mass is 9.67. The molecule has 5 rings (SSSR count). The molecular weight excluding hydrogens is 388 g/mol. The van der Waals surface area contributed by atoms with Crippen LogP contribution in [0.5, 0.6) is 11.5 Å². The zero-order valence-electron chi connectivity index (χ0n) is 18.1. The van der Waals surface area contributed by atoms with Crippen LogP contribution in [0.4, 0.5) is 5.69 Å². The minimum Gasteiger partial charge on any atom is -0.494 e. The van der Waals surface area contributed by atoms with Crippen LogP contribution in [0.15, 0.2) is 66.9 Å². The van der Waals surface area contributed by atoms with E-state index in [1.165, 1.54) is 0 Å². The highest BCUT2D eigenvalue weighted by Crippen LogP contribution is 2.56. The van der Waals surface area contributed by atoms with Crippen molar-refractivity contribution in [2.45, 2.75) is 44.8 Å². The van der Waals surface area contributed by atoms with Gasteiger partial charge in [-0.2, -0.15) is 0 Å². The maximum Gasteiger partial charge on any atom is 0.242 e. The minimum atomic E-state index is -0.798. The molecule has 1 atom stereocenters. The minimum absolute atomic E-state index is 0.0705. The fraction of sp³-hybridized carbons (Fsp3) is 0.308.